The van der Waals surface area contributed by atoms with E-state index in [1.165, 1.54) is 4.31 Å². The summed E-state index contributed by atoms with van der Waals surface area (Å²) in [4.78, 5) is 16.0. The number of piperazine rings is 1. The van der Waals surface area contributed by atoms with Gasteiger partial charge in [-0.1, -0.05) is 30.3 Å². The molecular formula is C19H25N3O3S. The van der Waals surface area contributed by atoms with E-state index in [4.69, 9.17) is 0 Å². The minimum Gasteiger partial charge on any atom is -0.347 e. The molecule has 1 atom stereocenters. The molecule has 0 aliphatic carbocycles. The predicted molar refractivity (Wildman–Crippen MR) is 102 cm³/mol. The van der Waals surface area contributed by atoms with Crippen LogP contribution in [0.1, 0.15) is 6.92 Å². The quantitative estimate of drug-likeness (QED) is 0.815. The van der Waals surface area contributed by atoms with Gasteiger partial charge < -0.3 is 4.90 Å². The summed E-state index contributed by atoms with van der Waals surface area (Å²) in [6, 6.07) is 12.7. The third-order valence-electron chi connectivity index (χ3n) is 4.98. The summed E-state index contributed by atoms with van der Waals surface area (Å²) in [5.74, 6) is 0.0378. The number of carbonyl (C=O) groups is 1. The summed E-state index contributed by atoms with van der Waals surface area (Å²) in [6.07, 6.45) is 0. The van der Waals surface area contributed by atoms with Crippen molar-refractivity contribution >= 4 is 26.7 Å². The summed E-state index contributed by atoms with van der Waals surface area (Å²) < 4.78 is 27.5. The molecule has 1 aliphatic heterocycles. The molecule has 1 amide bonds. The van der Waals surface area contributed by atoms with E-state index in [9.17, 15) is 13.2 Å². The van der Waals surface area contributed by atoms with Crippen molar-refractivity contribution in [3.8, 4) is 0 Å². The van der Waals surface area contributed by atoms with E-state index in [1.54, 1.807) is 31.1 Å². The number of carbonyl (C=O) groups excluding carboxylic acids is 1. The highest BCUT2D eigenvalue weighted by Gasteiger charge is 2.32. The average Bonchev–Trinajstić information content (AvgIpc) is 2.66. The largest absolute Gasteiger partial charge is 0.347 e. The number of hydrogen-bond acceptors (Lipinski definition) is 4. The molecule has 0 radical (unpaired) electrons. The van der Waals surface area contributed by atoms with E-state index in [2.05, 4.69) is 0 Å². The van der Waals surface area contributed by atoms with Gasteiger partial charge in [-0.3, -0.25) is 9.69 Å². The Balaban J connectivity index is 1.74. The molecular weight excluding hydrogens is 350 g/mol. The Labute approximate surface area is 155 Å². The summed E-state index contributed by atoms with van der Waals surface area (Å²) in [6.45, 7) is 3.75. The van der Waals surface area contributed by atoms with Crippen LogP contribution in [0.15, 0.2) is 47.4 Å². The molecule has 2 aromatic rings. The van der Waals surface area contributed by atoms with Crippen LogP contribution >= 0.6 is 0 Å². The molecule has 6 nitrogen and oxygen atoms in total. The monoisotopic (exact) mass is 375 g/mol. The normalized spacial score (nSPS) is 18.0. The Kier molecular flexibility index (Phi) is 5.32. The number of amides is 1. The van der Waals surface area contributed by atoms with Crippen LogP contribution < -0.4 is 0 Å². The van der Waals surface area contributed by atoms with Crippen molar-refractivity contribution in [1.82, 2.24) is 14.1 Å². The molecule has 7 heteroatoms. The van der Waals surface area contributed by atoms with E-state index >= 15 is 0 Å². The molecule has 140 valence electrons. The van der Waals surface area contributed by atoms with E-state index in [-0.39, 0.29) is 11.9 Å². The van der Waals surface area contributed by atoms with Gasteiger partial charge in [-0.05, 0) is 29.8 Å². The number of hydrogen-bond donors (Lipinski definition) is 0. The van der Waals surface area contributed by atoms with Crippen molar-refractivity contribution in [2.45, 2.75) is 17.9 Å². The first-order chi connectivity index (χ1) is 12.3. The minimum atomic E-state index is -3.53. The number of likely N-dealkylation sites (N-methyl/N-ethyl adjacent to an activating group) is 1. The first-order valence-electron chi connectivity index (χ1n) is 8.75. The van der Waals surface area contributed by atoms with Gasteiger partial charge in [0.15, 0.2) is 0 Å². The van der Waals surface area contributed by atoms with Crippen molar-refractivity contribution in [3.63, 3.8) is 0 Å². The van der Waals surface area contributed by atoms with Gasteiger partial charge in [-0.2, -0.15) is 4.31 Å². The first kappa shape index (κ1) is 18.8. The van der Waals surface area contributed by atoms with Crippen LogP contribution in [-0.4, -0.2) is 74.7 Å². The Morgan fingerprint density at radius 2 is 1.62 bits per heavy atom. The molecule has 0 bridgehead atoms. The number of sulfonamides is 1. The van der Waals surface area contributed by atoms with Gasteiger partial charge in [-0.25, -0.2) is 8.42 Å². The Hall–Kier alpha value is -1.96. The van der Waals surface area contributed by atoms with Crippen molar-refractivity contribution < 1.29 is 13.2 Å². The van der Waals surface area contributed by atoms with E-state index in [0.717, 1.165) is 10.8 Å². The topological polar surface area (TPSA) is 60.9 Å². The Morgan fingerprint density at radius 3 is 2.23 bits per heavy atom. The maximum atomic E-state index is 13.0. The van der Waals surface area contributed by atoms with Crippen LogP contribution in [0.25, 0.3) is 10.8 Å². The lowest BCUT2D eigenvalue weighted by atomic mass is 10.1. The van der Waals surface area contributed by atoms with Crippen molar-refractivity contribution in [2.75, 3.05) is 40.3 Å². The second-order valence-corrected chi connectivity index (χ2v) is 8.80. The molecule has 26 heavy (non-hydrogen) atoms. The van der Waals surface area contributed by atoms with E-state index in [1.807, 2.05) is 42.2 Å². The lowest BCUT2D eigenvalue weighted by Gasteiger charge is -2.37. The fourth-order valence-electron chi connectivity index (χ4n) is 3.34. The highest BCUT2D eigenvalue weighted by Crippen LogP contribution is 2.23. The molecule has 0 aromatic heterocycles. The molecule has 0 saturated carbocycles. The lowest BCUT2D eigenvalue weighted by Crippen LogP contribution is -2.54. The average molecular weight is 375 g/mol. The van der Waals surface area contributed by atoms with Gasteiger partial charge in [0.1, 0.15) is 0 Å². The number of fused-ring (bicyclic) bond motifs is 1. The molecule has 0 spiro atoms. The predicted octanol–water partition coefficient (Wildman–Crippen LogP) is 1.62. The first-order valence-corrected chi connectivity index (χ1v) is 10.2. The molecule has 0 unspecified atom stereocenters. The summed E-state index contributed by atoms with van der Waals surface area (Å²) in [7, 11) is -0.0571. The van der Waals surface area contributed by atoms with Gasteiger partial charge in [0, 0.05) is 40.3 Å². The smallest absolute Gasteiger partial charge is 0.243 e. The van der Waals surface area contributed by atoms with Gasteiger partial charge in [0.2, 0.25) is 15.9 Å². The molecule has 1 saturated heterocycles. The zero-order valence-corrected chi connectivity index (χ0v) is 16.2. The third kappa shape index (κ3) is 3.60. The van der Waals surface area contributed by atoms with E-state index in [0.29, 0.717) is 31.1 Å². The molecule has 3 rings (SSSR count). The second-order valence-electron chi connectivity index (χ2n) is 6.86. The second kappa shape index (κ2) is 7.34. The van der Waals surface area contributed by atoms with Crippen LogP contribution in [0.4, 0.5) is 0 Å². The van der Waals surface area contributed by atoms with Crippen LogP contribution in [0.3, 0.4) is 0 Å². The summed E-state index contributed by atoms with van der Waals surface area (Å²) >= 11 is 0. The van der Waals surface area contributed by atoms with Crippen LogP contribution in [0, 0.1) is 0 Å². The zero-order chi connectivity index (χ0) is 18.9. The molecule has 2 aromatic carbocycles. The molecule has 1 aliphatic rings. The standard InChI is InChI=1S/C19H25N3O3S/c1-15(19(23)20(2)3)21-10-12-22(13-11-21)26(24,25)18-9-8-16-6-4-5-7-17(16)14-18/h4-9,14-15H,10-13H2,1-3H3/t15-/m0/s1. The van der Waals surface area contributed by atoms with Crippen molar-refractivity contribution in [3.05, 3.63) is 42.5 Å². The number of benzene rings is 2. The number of rotatable bonds is 4. The Bertz CT molecular complexity index is 903. The third-order valence-corrected chi connectivity index (χ3v) is 6.87. The fourth-order valence-corrected chi connectivity index (χ4v) is 4.80. The lowest BCUT2D eigenvalue weighted by molar-refractivity contribution is -0.134. The summed E-state index contributed by atoms with van der Waals surface area (Å²) in [5.41, 5.74) is 0. The zero-order valence-electron chi connectivity index (χ0n) is 15.4. The van der Waals surface area contributed by atoms with Crippen molar-refractivity contribution in [2.24, 2.45) is 0 Å². The number of nitrogens with zero attached hydrogens (tertiary/aromatic N) is 3. The van der Waals surface area contributed by atoms with Crippen LogP contribution in [0.2, 0.25) is 0 Å². The van der Waals surface area contributed by atoms with Crippen molar-refractivity contribution in [1.29, 1.82) is 0 Å². The minimum absolute atomic E-state index is 0.0378. The maximum absolute atomic E-state index is 13.0. The van der Waals surface area contributed by atoms with Crippen LogP contribution in [0.5, 0.6) is 0 Å². The van der Waals surface area contributed by atoms with E-state index < -0.39 is 10.0 Å². The molecule has 1 heterocycles. The molecule has 1 fully saturated rings. The maximum Gasteiger partial charge on any atom is 0.243 e. The van der Waals surface area contributed by atoms with Crippen LogP contribution in [-0.2, 0) is 14.8 Å². The van der Waals surface area contributed by atoms with Gasteiger partial charge in [0.05, 0.1) is 10.9 Å². The molecule has 0 N–H and O–H groups in total. The van der Waals surface area contributed by atoms with Gasteiger partial charge in [-0.15, -0.1) is 0 Å². The SMILES string of the molecule is C[C@@H](C(=O)N(C)C)N1CCN(S(=O)(=O)c2ccc3ccccc3c2)CC1. The highest BCUT2D eigenvalue weighted by atomic mass is 32.2. The highest BCUT2D eigenvalue weighted by molar-refractivity contribution is 7.89. The summed E-state index contributed by atoms with van der Waals surface area (Å²) in [5, 5.41) is 1.93. The fraction of sp³-hybridized carbons (Fsp3) is 0.421. The Morgan fingerprint density at radius 1 is 1.00 bits per heavy atom. The van der Waals surface area contributed by atoms with Gasteiger partial charge >= 0.3 is 0 Å². The van der Waals surface area contributed by atoms with Gasteiger partial charge in [0.25, 0.3) is 0 Å².